The van der Waals surface area contributed by atoms with Crippen molar-refractivity contribution in [3.63, 3.8) is 0 Å². The Bertz CT molecular complexity index is 647. The molecule has 1 atom stereocenters. The summed E-state index contributed by atoms with van der Waals surface area (Å²) in [6.45, 7) is 4.43. The number of hydrogen-bond donors (Lipinski definition) is 1. The van der Waals surface area contributed by atoms with Crippen molar-refractivity contribution >= 4 is 17.3 Å². The molecule has 1 N–H and O–H groups in total. The van der Waals surface area contributed by atoms with Gasteiger partial charge >= 0.3 is 0 Å². The standard InChI is InChI=1S/C22H30N2S/c1-15(22-11-16-8-17(12-22)10-18(9-16)13-22)23-21(25)24-7-6-19-4-2-3-5-20(19)14-24/h2-5,15-18H,6-14H2,1H3,(H,23,25). The van der Waals surface area contributed by atoms with Crippen molar-refractivity contribution in [3.8, 4) is 0 Å². The van der Waals surface area contributed by atoms with Gasteiger partial charge in [0.2, 0.25) is 0 Å². The van der Waals surface area contributed by atoms with E-state index in [-0.39, 0.29) is 0 Å². The number of nitrogens with zero attached hydrogens (tertiary/aromatic N) is 1. The van der Waals surface area contributed by atoms with Gasteiger partial charge in [-0.05, 0) is 98.4 Å². The lowest BCUT2D eigenvalue weighted by atomic mass is 9.48. The smallest absolute Gasteiger partial charge is 0.169 e. The van der Waals surface area contributed by atoms with Crippen LogP contribution in [0.2, 0.25) is 0 Å². The van der Waals surface area contributed by atoms with Gasteiger partial charge in [-0.25, -0.2) is 0 Å². The summed E-state index contributed by atoms with van der Waals surface area (Å²) < 4.78 is 0. The minimum atomic E-state index is 0.519. The number of nitrogens with one attached hydrogen (secondary N) is 1. The maximum atomic E-state index is 5.85. The molecule has 0 radical (unpaired) electrons. The fraction of sp³-hybridized carbons (Fsp3) is 0.682. The van der Waals surface area contributed by atoms with E-state index in [9.17, 15) is 0 Å². The van der Waals surface area contributed by atoms with E-state index in [0.29, 0.717) is 11.5 Å². The van der Waals surface area contributed by atoms with Gasteiger partial charge in [-0.3, -0.25) is 0 Å². The number of hydrogen-bond acceptors (Lipinski definition) is 1. The summed E-state index contributed by atoms with van der Waals surface area (Å²) in [7, 11) is 0. The topological polar surface area (TPSA) is 15.3 Å². The molecule has 1 aliphatic heterocycles. The minimum Gasteiger partial charge on any atom is -0.360 e. The molecule has 4 bridgehead atoms. The molecular weight excluding hydrogens is 324 g/mol. The quantitative estimate of drug-likeness (QED) is 0.786. The Labute approximate surface area is 157 Å². The summed E-state index contributed by atoms with van der Waals surface area (Å²) in [4.78, 5) is 2.38. The van der Waals surface area contributed by atoms with Crippen LogP contribution in [0.1, 0.15) is 56.6 Å². The second kappa shape index (κ2) is 5.97. The zero-order valence-electron chi connectivity index (χ0n) is 15.3. The van der Waals surface area contributed by atoms with Gasteiger partial charge in [-0.15, -0.1) is 0 Å². The molecule has 0 spiro atoms. The Kier molecular flexibility index (Phi) is 3.85. The summed E-state index contributed by atoms with van der Waals surface area (Å²) in [6, 6.07) is 9.34. The second-order valence-corrected chi connectivity index (χ2v) is 9.78. The third-order valence-corrected chi connectivity index (χ3v) is 8.14. The molecule has 0 saturated heterocycles. The zero-order chi connectivity index (χ0) is 17.0. The van der Waals surface area contributed by atoms with Crippen molar-refractivity contribution in [3.05, 3.63) is 35.4 Å². The average molecular weight is 355 g/mol. The van der Waals surface area contributed by atoms with E-state index in [4.69, 9.17) is 12.2 Å². The molecule has 4 aliphatic carbocycles. The zero-order valence-corrected chi connectivity index (χ0v) is 16.2. The van der Waals surface area contributed by atoms with Gasteiger partial charge < -0.3 is 10.2 Å². The SMILES string of the molecule is CC(NC(=S)N1CCc2ccccc2C1)C12CC3CC(CC(C3)C1)C2. The lowest BCUT2D eigenvalue weighted by molar-refractivity contribution is -0.0675. The van der Waals surface area contributed by atoms with Crippen molar-refractivity contribution in [1.82, 2.24) is 10.2 Å². The third kappa shape index (κ3) is 2.79. The largest absolute Gasteiger partial charge is 0.360 e. The molecule has 0 aromatic heterocycles. The van der Waals surface area contributed by atoms with Gasteiger partial charge in [0.05, 0.1) is 0 Å². The van der Waals surface area contributed by atoms with Gasteiger partial charge in [-0.2, -0.15) is 0 Å². The number of rotatable bonds is 2. The molecule has 1 heterocycles. The summed E-state index contributed by atoms with van der Waals surface area (Å²) in [5, 5.41) is 4.78. The first-order valence-electron chi connectivity index (χ1n) is 10.2. The van der Waals surface area contributed by atoms with Gasteiger partial charge in [-0.1, -0.05) is 24.3 Å². The van der Waals surface area contributed by atoms with E-state index in [2.05, 4.69) is 41.4 Å². The highest BCUT2D eigenvalue weighted by Gasteiger charge is 2.53. The van der Waals surface area contributed by atoms with Gasteiger partial charge in [0.15, 0.2) is 5.11 Å². The van der Waals surface area contributed by atoms with Crippen LogP contribution in [0.3, 0.4) is 0 Å². The van der Waals surface area contributed by atoms with Gasteiger partial charge in [0.25, 0.3) is 0 Å². The summed E-state index contributed by atoms with van der Waals surface area (Å²) in [5.74, 6) is 3.02. The number of benzene rings is 1. The molecule has 1 aromatic carbocycles. The van der Waals surface area contributed by atoms with E-state index >= 15 is 0 Å². The first-order chi connectivity index (χ1) is 12.1. The summed E-state index contributed by atoms with van der Waals surface area (Å²) in [6.07, 6.45) is 9.98. The molecule has 2 nitrogen and oxygen atoms in total. The molecule has 1 unspecified atom stereocenters. The molecule has 25 heavy (non-hydrogen) atoms. The van der Waals surface area contributed by atoms with Gasteiger partial charge in [0.1, 0.15) is 0 Å². The predicted molar refractivity (Wildman–Crippen MR) is 106 cm³/mol. The van der Waals surface area contributed by atoms with E-state index in [1.807, 2.05) is 0 Å². The van der Waals surface area contributed by atoms with Crippen LogP contribution in [-0.2, 0) is 13.0 Å². The van der Waals surface area contributed by atoms with Crippen molar-refractivity contribution in [2.24, 2.45) is 23.2 Å². The van der Waals surface area contributed by atoms with Crippen molar-refractivity contribution in [1.29, 1.82) is 0 Å². The first-order valence-corrected chi connectivity index (χ1v) is 10.6. The molecule has 1 aromatic rings. The lowest BCUT2D eigenvalue weighted by Gasteiger charge is -2.59. The Morgan fingerprint density at radius 2 is 1.68 bits per heavy atom. The fourth-order valence-electron chi connectivity index (χ4n) is 6.81. The molecule has 5 aliphatic rings. The average Bonchev–Trinajstić information content (AvgIpc) is 2.60. The number of thiocarbonyl (C=S) groups is 1. The Morgan fingerprint density at radius 3 is 2.32 bits per heavy atom. The van der Waals surface area contributed by atoms with Crippen LogP contribution >= 0.6 is 12.2 Å². The molecule has 3 heteroatoms. The highest BCUT2D eigenvalue weighted by Crippen LogP contribution is 2.61. The van der Waals surface area contributed by atoms with Crippen LogP contribution in [0.15, 0.2) is 24.3 Å². The molecule has 6 rings (SSSR count). The molecule has 4 saturated carbocycles. The van der Waals surface area contributed by atoms with Crippen LogP contribution < -0.4 is 5.32 Å². The van der Waals surface area contributed by atoms with Crippen LogP contribution in [0.4, 0.5) is 0 Å². The third-order valence-electron chi connectivity index (χ3n) is 7.76. The molecule has 134 valence electrons. The first kappa shape index (κ1) is 16.1. The Hall–Kier alpha value is -1.09. The second-order valence-electron chi connectivity index (χ2n) is 9.39. The maximum Gasteiger partial charge on any atom is 0.169 e. The summed E-state index contributed by atoms with van der Waals surface area (Å²) >= 11 is 5.85. The normalized spacial score (nSPS) is 36.8. The molecule has 4 fully saturated rings. The molecular formula is C22H30N2S. The number of fused-ring (bicyclic) bond motifs is 1. The monoisotopic (exact) mass is 354 g/mol. The highest BCUT2D eigenvalue weighted by atomic mass is 32.1. The van der Waals surface area contributed by atoms with Crippen LogP contribution in [-0.4, -0.2) is 22.6 Å². The van der Waals surface area contributed by atoms with Crippen LogP contribution in [0.25, 0.3) is 0 Å². The molecule has 0 amide bonds. The van der Waals surface area contributed by atoms with E-state index in [1.54, 1.807) is 0 Å². The van der Waals surface area contributed by atoms with E-state index in [0.717, 1.165) is 42.4 Å². The van der Waals surface area contributed by atoms with Crippen LogP contribution in [0, 0.1) is 23.2 Å². The summed E-state index contributed by atoms with van der Waals surface area (Å²) in [5.41, 5.74) is 3.46. The Morgan fingerprint density at radius 1 is 1.08 bits per heavy atom. The van der Waals surface area contributed by atoms with Gasteiger partial charge in [0, 0.05) is 19.1 Å². The van der Waals surface area contributed by atoms with Crippen molar-refractivity contribution < 1.29 is 0 Å². The fourth-order valence-corrected chi connectivity index (χ4v) is 7.14. The van der Waals surface area contributed by atoms with Crippen molar-refractivity contribution in [2.45, 2.75) is 64.5 Å². The maximum absolute atomic E-state index is 5.85. The van der Waals surface area contributed by atoms with Crippen LogP contribution in [0.5, 0.6) is 0 Å². The predicted octanol–water partition coefficient (Wildman–Crippen LogP) is 4.52. The highest BCUT2D eigenvalue weighted by molar-refractivity contribution is 7.80. The van der Waals surface area contributed by atoms with Crippen molar-refractivity contribution in [2.75, 3.05) is 6.54 Å². The Balaban J connectivity index is 1.27. The minimum absolute atomic E-state index is 0.519. The van der Waals surface area contributed by atoms with E-state index in [1.165, 1.54) is 49.7 Å². The van der Waals surface area contributed by atoms with E-state index < -0.39 is 0 Å². The lowest BCUT2D eigenvalue weighted by Crippen LogP contribution is -2.57.